The number of carboxylic acids is 1. The van der Waals surface area contributed by atoms with Crippen LogP contribution in [0.2, 0.25) is 0 Å². The Hall–Kier alpha value is -2.71. The minimum Gasteiger partial charge on any atom is -0.497 e. The maximum atomic E-state index is 13.9. The van der Waals surface area contributed by atoms with Crippen molar-refractivity contribution >= 4 is 28.6 Å². The normalized spacial score (nSPS) is 18.1. The molecule has 8 heteroatoms. The first-order valence-corrected chi connectivity index (χ1v) is 14.4. The molecule has 38 heavy (non-hydrogen) atoms. The van der Waals surface area contributed by atoms with Gasteiger partial charge in [0.15, 0.2) is 11.6 Å². The number of methoxy groups -OCH3 is 1. The van der Waals surface area contributed by atoms with Crippen molar-refractivity contribution in [2.75, 3.05) is 32.5 Å². The van der Waals surface area contributed by atoms with Crippen molar-refractivity contribution in [1.29, 1.82) is 0 Å². The van der Waals surface area contributed by atoms with Gasteiger partial charge < -0.3 is 14.7 Å². The number of carbonyl (C=O) groups is 1. The molecular weight excluding hydrogens is 506 g/mol. The molecule has 1 aliphatic rings. The number of fused-ring (bicyclic) bond motifs is 1. The number of carboxylic acid groups (broad SMARTS) is 1. The maximum Gasteiger partial charge on any atom is 0.303 e. The van der Waals surface area contributed by atoms with Gasteiger partial charge in [-0.2, -0.15) is 0 Å². The Bertz CT molecular complexity index is 1230. The summed E-state index contributed by atoms with van der Waals surface area (Å²) in [4.78, 5) is 18.6. The second-order valence-electron chi connectivity index (χ2n) is 10.0. The molecule has 0 spiro atoms. The van der Waals surface area contributed by atoms with E-state index in [0.717, 1.165) is 74.5 Å². The molecule has 2 aromatic carbocycles. The number of ether oxygens (including phenoxy) is 1. The van der Waals surface area contributed by atoms with E-state index >= 15 is 0 Å². The number of nitrogens with zero attached hydrogens (tertiary/aromatic N) is 2. The molecule has 2 heterocycles. The van der Waals surface area contributed by atoms with Crippen LogP contribution in [-0.4, -0.2) is 53.5 Å². The predicted molar refractivity (Wildman–Crippen MR) is 148 cm³/mol. The predicted octanol–water partition coefficient (Wildman–Crippen LogP) is 6.83. The number of likely N-dealkylation sites (tertiary alicyclic amines) is 1. The zero-order chi connectivity index (χ0) is 26.9. The number of rotatable bonds is 13. The molecule has 0 amide bonds. The average Bonchev–Trinajstić information content (AvgIpc) is 2.92. The zero-order valence-electron chi connectivity index (χ0n) is 21.9. The van der Waals surface area contributed by atoms with E-state index in [1.54, 1.807) is 13.2 Å². The number of aliphatic carboxylic acids is 1. The lowest BCUT2D eigenvalue weighted by molar-refractivity contribution is -0.137. The minimum atomic E-state index is -0.810. The van der Waals surface area contributed by atoms with Crippen LogP contribution in [0.5, 0.6) is 5.75 Å². The molecule has 1 N–H and O–H groups in total. The van der Waals surface area contributed by atoms with Gasteiger partial charge in [-0.1, -0.05) is 6.07 Å². The second kappa shape index (κ2) is 13.9. The number of benzene rings is 2. The van der Waals surface area contributed by atoms with E-state index in [4.69, 9.17) is 4.74 Å². The molecule has 2 unspecified atom stereocenters. The van der Waals surface area contributed by atoms with Crippen molar-refractivity contribution < 1.29 is 23.4 Å². The number of aryl methyl sites for hydroxylation is 1. The zero-order valence-corrected chi connectivity index (χ0v) is 22.7. The summed E-state index contributed by atoms with van der Waals surface area (Å²) in [5.41, 5.74) is 2.23. The van der Waals surface area contributed by atoms with Gasteiger partial charge in [0.1, 0.15) is 5.75 Å². The topological polar surface area (TPSA) is 62.7 Å². The van der Waals surface area contributed by atoms with Crippen molar-refractivity contribution in [1.82, 2.24) is 9.88 Å². The van der Waals surface area contributed by atoms with Crippen LogP contribution >= 0.6 is 11.8 Å². The highest BCUT2D eigenvalue weighted by Crippen LogP contribution is 2.33. The van der Waals surface area contributed by atoms with Gasteiger partial charge in [0.05, 0.1) is 12.6 Å². The molecule has 1 saturated heterocycles. The summed E-state index contributed by atoms with van der Waals surface area (Å²) < 4.78 is 32.7. The fraction of sp³-hybridized carbons (Fsp3) is 0.467. The highest BCUT2D eigenvalue weighted by molar-refractivity contribution is 7.99. The van der Waals surface area contributed by atoms with Crippen LogP contribution in [0.25, 0.3) is 10.9 Å². The van der Waals surface area contributed by atoms with E-state index in [-0.39, 0.29) is 6.42 Å². The van der Waals surface area contributed by atoms with Crippen LogP contribution in [0.3, 0.4) is 0 Å². The molecule has 2 atom stereocenters. The summed E-state index contributed by atoms with van der Waals surface area (Å²) in [5.74, 6) is 0.0663. The van der Waals surface area contributed by atoms with Gasteiger partial charge in [0.2, 0.25) is 0 Å². The van der Waals surface area contributed by atoms with Crippen molar-refractivity contribution in [3.05, 3.63) is 65.9 Å². The van der Waals surface area contributed by atoms with Crippen molar-refractivity contribution in [3.8, 4) is 5.75 Å². The second-order valence-corrected chi connectivity index (χ2v) is 11.2. The van der Waals surface area contributed by atoms with Crippen LogP contribution in [0.4, 0.5) is 8.78 Å². The first kappa shape index (κ1) is 28.3. The average molecular weight is 543 g/mol. The summed E-state index contributed by atoms with van der Waals surface area (Å²) in [6, 6.07) is 12.3. The fourth-order valence-electron chi connectivity index (χ4n) is 5.52. The molecule has 0 aliphatic carbocycles. The van der Waals surface area contributed by atoms with Crippen LogP contribution in [0.15, 0.2) is 53.6 Å². The fourth-order valence-corrected chi connectivity index (χ4v) is 6.42. The first-order valence-electron chi connectivity index (χ1n) is 13.4. The third-order valence-corrected chi connectivity index (χ3v) is 8.68. The van der Waals surface area contributed by atoms with Gasteiger partial charge in [0, 0.05) is 29.4 Å². The number of thioether (sulfide) groups is 1. The van der Waals surface area contributed by atoms with E-state index in [1.165, 1.54) is 23.4 Å². The molecular formula is C30H36F2N2O3S. The molecule has 204 valence electrons. The highest BCUT2D eigenvalue weighted by atomic mass is 32.2. The van der Waals surface area contributed by atoms with E-state index in [2.05, 4.69) is 16.0 Å². The third kappa shape index (κ3) is 7.67. The Labute approximate surface area is 227 Å². The Morgan fingerprint density at radius 1 is 1.16 bits per heavy atom. The van der Waals surface area contributed by atoms with E-state index < -0.39 is 17.6 Å². The Kier molecular flexibility index (Phi) is 10.4. The summed E-state index contributed by atoms with van der Waals surface area (Å²) in [6.07, 6.45) is 7.73. The Morgan fingerprint density at radius 3 is 2.84 bits per heavy atom. The minimum absolute atomic E-state index is 0.193. The summed E-state index contributed by atoms with van der Waals surface area (Å²) >= 11 is 1.35. The molecule has 1 fully saturated rings. The molecule has 1 aliphatic heterocycles. The molecule has 0 bridgehead atoms. The lowest BCUT2D eigenvalue weighted by Gasteiger charge is -2.39. The number of aromatic nitrogens is 1. The van der Waals surface area contributed by atoms with E-state index in [1.807, 2.05) is 24.4 Å². The SMILES string of the molecule is COc1ccc2nccc(CCCC3CCN(CCCSc4cccc(F)c4F)CC3CCC(=O)O)c2c1. The number of halogens is 2. The number of piperidine rings is 1. The van der Waals surface area contributed by atoms with Gasteiger partial charge in [-0.15, -0.1) is 11.8 Å². The smallest absolute Gasteiger partial charge is 0.303 e. The Morgan fingerprint density at radius 2 is 2.03 bits per heavy atom. The van der Waals surface area contributed by atoms with Crippen LogP contribution in [0.1, 0.15) is 44.1 Å². The van der Waals surface area contributed by atoms with Gasteiger partial charge >= 0.3 is 5.97 Å². The molecule has 1 aromatic heterocycles. The van der Waals surface area contributed by atoms with E-state index in [9.17, 15) is 18.7 Å². The summed E-state index contributed by atoms with van der Waals surface area (Å²) in [7, 11) is 1.67. The first-order chi connectivity index (χ1) is 18.4. The van der Waals surface area contributed by atoms with Crippen LogP contribution in [0, 0.1) is 23.5 Å². The largest absolute Gasteiger partial charge is 0.497 e. The van der Waals surface area contributed by atoms with Gasteiger partial charge in [-0.05, 0) is 111 Å². The van der Waals surface area contributed by atoms with Crippen LogP contribution in [-0.2, 0) is 11.2 Å². The van der Waals surface area contributed by atoms with Crippen LogP contribution < -0.4 is 4.74 Å². The van der Waals surface area contributed by atoms with E-state index in [0.29, 0.717) is 28.9 Å². The Balaban J connectivity index is 1.28. The molecule has 5 nitrogen and oxygen atoms in total. The summed E-state index contributed by atoms with van der Waals surface area (Å²) in [5, 5.41) is 10.4. The van der Waals surface area contributed by atoms with Gasteiger partial charge in [-0.25, -0.2) is 8.78 Å². The van der Waals surface area contributed by atoms with Gasteiger partial charge in [-0.3, -0.25) is 9.78 Å². The number of pyridine rings is 1. The molecule has 3 aromatic rings. The lowest BCUT2D eigenvalue weighted by Crippen LogP contribution is -2.41. The lowest BCUT2D eigenvalue weighted by atomic mass is 9.79. The van der Waals surface area contributed by atoms with Gasteiger partial charge in [0.25, 0.3) is 0 Å². The quantitative estimate of drug-likeness (QED) is 0.189. The number of hydrogen-bond donors (Lipinski definition) is 1. The third-order valence-electron chi connectivity index (χ3n) is 7.56. The van der Waals surface area contributed by atoms with Crippen molar-refractivity contribution in [2.45, 2.75) is 49.8 Å². The monoisotopic (exact) mass is 542 g/mol. The number of hydrogen-bond acceptors (Lipinski definition) is 5. The molecule has 0 saturated carbocycles. The standard InChI is InChI=1S/C30H36F2N2O3S/c1-37-24-10-11-27-25(19-24)22(13-15-33-27)6-2-5-21-14-17-34(20-23(21)9-12-29(35)36)16-4-18-38-28-8-3-7-26(31)30(28)32/h3,7-8,10-11,13,15,19,21,23H,2,4-6,9,12,14,16-18,20H2,1H3,(H,35,36). The highest BCUT2D eigenvalue weighted by Gasteiger charge is 2.29. The molecule has 4 rings (SSSR count). The summed E-state index contributed by atoms with van der Waals surface area (Å²) in [6.45, 7) is 2.76. The molecule has 0 radical (unpaired) electrons. The van der Waals surface area contributed by atoms with Crippen molar-refractivity contribution in [2.24, 2.45) is 11.8 Å². The van der Waals surface area contributed by atoms with Crippen molar-refractivity contribution in [3.63, 3.8) is 0 Å². The maximum absolute atomic E-state index is 13.9.